The fraction of sp³-hybridized carbons (Fsp3) is 0.350. The van der Waals surface area contributed by atoms with Gasteiger partial charge in [0, 0.05) is 27.2 Å². The maximum absolute atomic E-state index is 13.7. The van der Waals surface area contributed by atoms with E-state index in [1.165, 1.54) is 30.5 Å². The third kappa shape index (κ3) is 4.97. The normalized spacial score (nSPS) is 17.9. The number of hydrogen-bond donors (Lipinski definition) is 0. The van der Waals surface area contributed by atoms with Gasteiger partial charge in [0.25, 0.3) is 0 Å². The minimum atomic E-state index is -3.61. The number of ether oxygens (including phenoxy) is 1. The van der Waals surface area contributed by atoms with Crippen LogP contribution >= 0.6 is 15.9 Å². The second kappa shape index (κ2) is 9.74. The number of nitrogens with zero attached hydrogens (tertiary/aromatic N) is 2. The van der Waals surface area contributed by atoms with E-state index in [-0.39, 0.29) is 47.0 Å². The molecule has 2 aromatic rings. The number of fused-ring (bicyclic) bond motifs is 2. The van der Waals surface area contributed by atoms with E-state index in [0.29, 0.717) is 11.1 Å². The van der Waals surface area contributed by atoms with Gasteiger partial charge in [0.15, 0.2) is 0 Å². The predicted octanol–water partition coefficient (Wildman–Crippen LogP) is 3.49. The fourth-order valence-electron chi connectivity index (χ4n) is 3.24. The highest BCUT2D eigenvalue weighted by Crippen LogP contribution is 2.33. The number of benzene rings is 2. The molecular formula is C20H23BrF2N2O6S2. The highest BCUT2D eigenvalue weighted by molar-refractivity contribution is 9.10. The zero-order chi connectivity index (χ0) is 24.0. The molecule has 13 heteroatoms. The molecule has 4 rings (SSSR count). The molecule has 2 aromatic carbocycles. The third-order valence-electron chi connectivity index (χ3n) is 4.91. The van der Waals surface area contributed by atoms with Crippen LogP contribution in [0, 0.1) is 11.6 Å². The smallest absolute Gasteiger partial charge is 0.341 e. The summed E-state index contributed by atoms with van der Waals surface area (Å²) in [4.78, 5) is 11.6. The summed E-state index contributed by atoms with van der Waals surface area (Å²) < 4.78 is 80.9. The fourth-order valence-corrected chi connectivity index (χ4v) is 6.47. The van der Waals surface area contributed by atoms with E-state index in [2.05, 4.69) is 20.7 Å². The van der Waals surface area contributed by atoms with E-state index < -0.39 is 37.7 Å². The van der Waals surface area contributed by atoms with Crippen molar-refractivity contribution in [3.8, 4) is 0 Å². The lowest BCUT2D eigenvalue weighted by Crippen LogP contribution is -2.18. The lowest BCUT2D eigenvalue weighted by atomic mass is 10.1. The van der Waals surface area contributed by atoms with Gasteiger partial charge in [-0.15, -0.1) is 0 Å². The van der Waals surface area contributed by atoms with Crippen LogP contribution in [0.4, 0.5) is 8.78 Å². The molecule has 0 unspecified atom stereocenters. The Morgan fingerprint density at radius 3 is 1.88 bits per heavy atom. The number of rotatable bonds is 2. The maximum Gasteiger partial charge on any atom is 0.341 e. The van der Waals surface area contributed by atoms with E-state index in [0.717, 1.165) is 16.4 Å². The summed E-state index contributed by atoms with van der Waals surface area (Å²) in [6.45, 7) is 2.04. The van der Waals surface area contributed by atoms with Gasteiger partial charge in [-0.1, -0.05) is 7.43 Å². The molecule has 0 spiro atoms. The Morgan fingerprint density at radius 1 is 0.939 bits per heavy atom. The van der Waals surface area contributed by atoms with Crippen molar-refractivity contribution >= 4 is 41.9 Å². The molecule has 2 aliphatic rings. The van der Waals surface area contributed by atoms with E-state index in [9.17, 15) is 30.4 Å². The first-order valence-electron chi connectivity index (χ1n) is 9.20. The molecule has 0 saturated carbocycles. The number of carbonyl (C=O) groups is 1. The third-order valence-corrected chi connectivity index (χ3v) is 9.29. The Balaban J connectivity index is 0.000000233. The summed E-state index contributed by atoms with van der Waals surface area (Å²) in [6, 6.07) is 4.67. The minimum absolute atomic E-state index is 0. The van der Waals surface area contributed by atoms with Crippen molar-refractivity contribution in [3.63, 3.8) is 0 Å². The van der Waals surface area contributed by atoms with Crippen LogP contribution in [0.5, 0.6) is 0 Å². The lowest BCUT2D eigenvalue weighted by molar-refractivity contribution is 0.0520. The topological polar surface area (TPSA) is 101 Å². The molecule has 33 heavy (non-hydrogen) atoms. The molecule has 182 valence electrons. The van der Waals surface area contributed by atoms with Crippen molar-refractivity contribution in [2.45, 2.75) is 37.2 Å². The first kappa shape index (κ1) is 27.3. The summed E-state index contributed by atoms with van der Waals surface area (Å²) in [5.74, 6) is -2.06. The van der Waals surface area contributed by atoms with Crippen molar-refractivity contribution in [2.75, 3.05) is 20.7 Å². The molecule has 8 nitrogen and oxygen atoms in total. The number of halogens is 3. The highest BCUT2D eigenvalue weighted by atomic mass is 79.9. The van der Waals surface area contributed by atoms with Crippen LogP contribution in [0.25, 0.3) is 0 Å². The molecule has 0 aromatic heterocycles. The van der Waals surface area contributed by atoms with Crippen LogP contribution in [-0.4, -0.2) is 52.1 Å². The predicted molar refractivity (Wildman–Crippen MR) is 120 cm³/mol. The Bertz CT molecular complexity index is 1320. The zero-order valence-corrected chi connectivity index (χ0v) is 20.4. The van der Waals surface area contributed by atoms with Gasteiger partial charge >= 0.3 is 5.97 Å². The largest absolute Gasteiger partial charge is 0.462 e. The average Bonchev–Trinajstić information content (AvgIpc) is 3.04. The molecule has 0 saturated heterocycles. The molecule has 2 aliphatic heterocycles. The standard InChI is InChI=1S/C11H12FNO4S.C8H7BrFNO2S.CH4/c1-3-17-11(14)8-5-10-7(4-9(8)12)6-13(2)18(10,15)16;1-11-4-5-2-7(10)6(9)3-8(5)14(11,12)13;/h4-5H,3,6H2,1-2H3;2-3H,4H2,1H3;1H4. The number of carbonyl (C=O) groups excluding carboxylic acids is 1. The number of sulfonamides is 2. The van der Waals surface area contributed by atoms with Gasteiger partial charge in [-0.25, -0.2) is 30.4 Å². The Kier molecular flexibility index (Phi) is 8.06. The van der Waals surface area contributed by atoms with E-state index in [1.54, 1.807) is 6.92 Å². The first-order valence-corrected chi connectivity index (χ1v) is 12.9. The number of esters is 1. The minimum Gasteiger partial charge on any atom is -0.462 e. The van der Waals surface area contributed by atoms with Crippen molar-refractivity contribution in [2.24, 2.45) is 0 Å². The Hall–Kier alpha value is -1.93. The molecule has 0 N–H and O–H groups in total. The van der Waals surface area contributed by atoms with Crippen molar-refractivity contribution < 1.29 is 35.1 Å². The first-order chi connectivity index (χ1) is 14.8. The SMILES string of the molecule is C.CCOC(=O)c1cc2c(cc1F)CN(C)S2(=O)=O.CN1Cc2cc(F)c(Br)cc2S1(=O)=O. The summed E-state index contributed by atoms with van der Waals surface area (Å²) in [5.41, 5.74) is 0.505. The maximum atomic E-state index is 13.7. The molecule has 2 heterocycles. The van der Waals surface area contributed by atoms with Crippen LogP contribution < -0.4 is 0 Å². The summed E-state index contributed by atoms with van der Waals surface area (Å²) in [5, 5.41) is 0. The van der Waals surface area contributed by atoms with Crippen LogP contribution in [0.2, 0.25) is 0 Å². The van der Waals surface area contributed by atoms with Crippen LogP contribution in [0.1, 0.15) is 35.8 Å². The van der Waals surface area contributed by atoms with E-state index >= 15 is 0 Å². The highest BCUT2D eigenvalue weighted by Gasteiger charge is 2.34. The lowest BCUT2D eigenvalue weighted by Gasteiger charge is -2.06. The Morgan fingerprint density at radius 2 is 1.39 bits per heavy atom. The van der Waals surface area contributed by atoms with Gasteiger partial charge in [-0.2, -0.15) is 8.61 Å². The summed E-state index contributed by atoms with van der Waals surface area (Å²) >= 11 is 2.96. The molecule has 0 aliphatic carbocycles. The monoisotopic (exact) mass is 568 g/mol. The second-order valence-electron chi connectivity index (χ2n) is 7.06. The van der Waals surface area contributed by atoms with Gasteiger partial charge in [0.2, 0.25) is 20.0 Å². The number of hydrogen-bond acceptors (Lipinski definition) is 6. The summed E-state index contributed by atoms with van der Waals surface area (Å²) in [6.07, 6.45) is 0. The van der Waals surface area contributed by atoms with Crippen LogP contribution in [0.3, 0.4) is 0 Å². The Labute approximate surface area is 200 Å². The van der Waals surface area contributed by atoms with Gasteiger partial charge in [-0.3, -0.25) is 0 Å². The molecule has 0 bridgehead atoms. The van der Waals surface area contributed by atoms with E-state index in [4.69, 9.17) is 0 Å². The molecular weight excluding hydrogens is 546 g/mol. The van der Waals surface area contributed by atoms with Gasteiger partial charge in [0.05, 0.1) is 26.4 Å². The van der Waals surface area contributed by atoms with Crippen molar-refractivity contribution in [1.82, 2.24) is 8.61 Å². The van der Waals surface area contributed by atoms with Gasteiger partial charge < -0.3 is 4.74 Å². The van der Waals surface area contributed by atoms with Gasteiger partial charge in [0.1, 0.15) is 11.6 Å². The zero-order valence-electron chi connectivity index (χ0n) is 17.2. The van der Waals surface area contributed by atoms with E-state index in [1.807, 2.05) is 0 Å². The van der Waals surface area contributed by atoms with Crippen molar-refractivity contribution in [1.29, 1.82) is 0 Å². The van der Waals surface area contributed by atoms with Crippen LogP contribution in [0.15, 0.2) is 38.5 Å². The molecule has 0 atom stereocenters. The molecule has 0 radical (unpaired) electrons. The average molecular weight is 569 g/mol. The summed E-state index contributed by atoms with van der Waals surface area (Å²) in [7, 11) is -4.13. The molecule has 0 amide bonds. The quantitative estimate of drug-likeness (QED) is 0.514. The molecule has 0 fully saturated rings. The second-order valence-corrected chi connectivity index (χ2v) is 11.9. The van der Waals surface area contributed by atoms with Crippen molar-refractivity contribution in [3.05, 3.63) is 57.1 Å². The van der Waals surface area contributed by atoms with Gasteiger partial charge in [-0.05, 0) is 58.2 Å². The van der Waals surface area contributed by atoms with Crippen LogP contribution in [-0.2, 0) is 37.9 Å².